The molecule has 3 atom stereocenters. The van der Waals surface area contributed by atoms with Gasteiger partial charge in [-0.25, -0.2) is 0 Å². The smallest absolute Gasteiger partial charge is 0.222 e. The minimum Gasteiger partial charge on any atom is -0.491 e. The molecule has 2 fully saturated rings. The number of nitrogens with zero attached hydrogens (tertiary/aromatic N) is 2. The number of piperidine rings is 1. The molecule has 0 bridgehead atoms. The molecule has 0 aromatic heterocycles. The number of hydrogen-bond donors (Lipinski definition) is 1. The first-order valence-electron chi connectivity index (χ1n) is 8.83. The van der Waals surface area contributed by atoms with E-state index in [-0.39, 0.29) is 6.61 Å². The minimum atomic E-state index is 0.0339. The van der Waals surface area contributed by atoms with Crippen molar-refractivity contribution in [2.45, 2.75) is 31.8 Å². The third kappa shape index (κ3) is 3.90. The highest BCUT2D eigenvalue weighted by Crippen LogP contribution is 2.40. The molecular formula is C19H28N2O3. The van der Waals surface area contributed by atoms with Crippen LogP contribution in [0.1, 0.15) is 24.8 Å². The zero-order chi connectivity index (χ0) is 17.1. The Morgan fingerprint density at radius 1 is 1.25 bits per heavy atom. The standard InChI is InChI=1S/C19H28N2O3/c1-20(12-14-3-5-18(6-4-14)24-8-7-22)17-9-15-11-19(23)21(2)13-16(15)10-17/h3-6,15-17,22H,7-13H2,1-2H3/t15-,16+,17-/m1/s1. The van der Waals surface area contributed by atoms with Crippen LogP contribution in [0.2, 0.25) is 0 Å². The average molecular weight is 332 g/mol. The number of hydrogen-bond acceptors (Lipinski definition) is 4. The maximum Gasteiger partial charge on any atom is 0.222 e. The average Bonchev–Trinajstić information content (AvgIpc) is 2.97. The predicted molar refractivity (Wildman–Crippen MR) is 92.7 cm³/mol. The summed E-state index contributed by atoms with van der Waals surface area (Å²) in [5.41, 5.74) is 1.26. The number of carbonyl (C=O) groups excluding carboxylic acids is 1. The van der Waals surface area contributed by atoms with Crippen molar-refractivity contribution in [3.8, 4) is 5.75 Å². The van der Waals surface area contributed by atoms with Crippen molar-refractivity contribution >= 4 is 5.91 Å². The summed E-state index contributed by atoms with van der Waals surface area (Å²) in [4.78, 5) is 16.2. The third-order valence-corrected chi connectivity index (χ3v) is 5.53. The maximum atomic E-state index is 11.9. The molecule has 1 saturated carbocycles. The molecule has 1 heterocycles. The quantitative estimate of drug-likeness (QED) is 0.862. The van der Waals surface area contributed by atoms with E-state index >= 15 is 0 Å². The first-order valence-corrected chi connectivity index (χ1v) is 8.83. The Morgan fingerprint density at radius 3 is 2.67 bits per heavy atom. The molecule has 1 aliphatic carbocycles. The van der Waals surface area contributed by atoms with Gasteiger partial charge in [-0.2, -0.15) is 0 Å². The summed E-state index contributed by atoms with van der Waals surface area (Å²) < 4.78 is 5.40. The molecule has 3 rings (SSSR count). The normalized spacial score (nSPS) is 26.8. The van der Waals surface area contributed by atoms with Gasteiger partial charge in [0.05, 0.1) is 6.61 Å². The van der Waals surface area contributed by atoms with Crippen LogP contribution in [0.3, 0.4) is 0 Å². The van der Waals surface area contributed by atoms with E-state index in [0.29, 0.717) is 30.4 Å². The fraction of sp³-hybridized carbons (Fsp3) is 0.632. The fourth-order valence-corrected chi connectivity index (χ4v) is 4.12. The molecule has 132 valence electrons. The van der Waals surface area contributed by atoms with Crippen LogP contribution in [0.15, 0.2) is 24.3 Å². The van der Waals surface area contributed by atoms with Crippen LogP contribution >= 0.6 is 0 Å². The van der Waals surface area contributed by atoms with Gasteiger partial charge in [-0.1, -0.05) is 12.1 Å². The summed E-state index contributed by atoms with van der Waals surface area (Å²) in [6.07, 6.45) is 3.05. The monoisotopic (exact) mass is 332 g/mol. The van der Waals surface area contributed by atoms with E-state index in [1.165, 1.54) is 12.0 Å². The summed E-state index contributed by atoms with van der Waals surface area (Å²) in [6.45, 7) is 2.20. The van der Waals surface area contributed by atoms with Gasteiger partial charge in [0.2, 0.25) is 5.91 Å². The molecule has 1 amide bonds. The molecule has 1 aliphatic heterocycles. The Labute approximate surface area is 144 Å². The van der Waals surface area contributed by atoms with E-state index in [1.807, 2.05) is 24.1 Å². The van der Waals surface area contributed by atoms with E-state index in [0.717, 1.165) is 31.7 Å². The van der Waals surface area contributed by atoms with Gasteiger partial charge in [0, 0.05) is 32.6 Å². The van der Waals surface area contributed by atoms with Crippen molar-refractivity contribution in [1.29, 1.82) is 0 Å². The van der Waals surface area contributed by atoms with Crippen LogP contribution in [0.5, 0.6) is 5.75 Å². The van der Waals surface area contributed by atoms with Crippen LogP contribution < -0.4 is 4.74 Å². The summed E-state index contributed by atoms with van der Waals surface area (Å²) in [5.74, 6) is 2.33. The van der Waals surface area contributed by atoms with Crippen LogP contribution in [0.25, 0.3) is 0 Å². The number of benzene rings is 1. The van der Waals surface area contributed by atoms with Gasteiger partial charge < -0.3 is 14.7 Å². The van der Waals surface area contributed by atoms with Crippen molar-refractivity contribution in [2.24, 2.45) is 11.8 Å². The van der Waals surface area contributed by atoms with Crippen molar-refractivity contribution in [2.75, 3.05) is 33.9 Å². The van der Waals surface area contributed by atoms with Gasteiger partial charge >= 0.3 is 0 Å². The largest absolute Gasteiger partial charge is 0.491 e. The highest BCUT2D eigenvalue weighted by molar-refractivity contribution is 5.77. The summed E-state index contributed by atoms with van der Waals surface area (Å²) >= 11 is 0. The van der Waals surface area contributed by atoms with E-state index in [9.17, 15) is 4.79 Å². The number of rotatable bonds is 6. The number of fused-ring (bicyclic) bond motifs is 1. The number of amides is 1. The lowest BCUT2D eigenvalue weighted by Gasteiger charge is -2.31. The van der Waals surface area contributed by atoms with Gasteiger partial charge in [-0.05, 0) is 49.4 Å². The Kier molecular flexibility index (Phi) is 5.41. The number of likely N-dealkylation sites (tertiary alicyclic amines) is 1. The Hall–Kier alpha value is -1.59. The van der Waals surface area contributed by atoms with Crippen LogP contribution in [0.4, 0.5) is 0 Å². The molecule has 24 heavy (non-hydrogen) atoms. The third-order valence-electron chi connectivity index (χ3n) is 5.53. The predicted octanol–water partition coefficient (Wildman–Crippen LogP) is 1.75. The van der Waals surface area contributed by atoms with Gasteiger partial charge in [-0.15, -0.1) is 0 Å². The molecule has 1 aromatic carbocycles. The van der Waals surface area contributed by atoms with Crippen molar-refractivity contribution in [3.63, 3.8) is 0 Å². The summed E-state index contributed by atoms with van der Waals surface area (Å²) in [5, 5.41) is 8.79. The highest BCUT2D eigenvalue weighted by Gasteiger charge is 2.41. The molecule has 5 nitrogen and oxygen atoms in total. The molecule has 1 saturated heterocycles. The molecule has 2 aliphatic rings. The maximum absolute atomic E-state index is 11.9. The molecule has 0 unspecified atom stereocenters. The van der Waals surface area contributed by atoms with Gasteiger partial charge in [-0.3, -0.25) is 9.69 Å². The summed E-state index contributed by atoms with van der Waals surface area (Å²) in [7, 11) is 4.11. The summed E-state index contributed by atoms with van der Waals surface area (Å²) in [6, 6.07) is 8.65. The first kappa shape index (κ1) is 17.2. The lowest BCUT2D eigenvalue weighted by molar-refractivity contribution is -0.134. The van der Waals surface area contributed by atoms with Crippen molar-refractivity contribution in [1.82, 2.24) is 9.80 Å². The van der Waals surface area contributed by atoms with Crippen LogP contribution in [-0.2, 0) is 11.3 Å². The zero-order valence-electron chi connectivity index (χ0n) is 14.6. The molecular weight excluding hydrogens is 304 g/mol. The van der Waals surface area contributed by atoms with Gasteiger partial charge in [0.1, 0.15) is 12.4 Å². The SMILES string of the molecule is CN1C[C@@H]2C[C@H](N(C)Cc3ccc(OCCO)cc3)C[C@@H]2CC1=O. The second kappa shape index (κ2) is 7.53. The van der Waals surface area contributed by atoms with Crippen LogP contribution in [-0.4, -0.2) is 60.7 Å². The van der Waals surface area contributed by atoms with E-state index in [2.05, 4.69) is 24.1 Å². The van der Waals surface area contributed by atoms with Gasteiger partial charge in [0.15, 0.2) is 0 Å². The lowest BCUT2D eigenvalue weighted by Crippen LogP contribution is -2.39. The van der Waals surface area contributed by atoms with Crippen LogP contribution in [0, 0.1) is 11.8 Å². The van der Waals surface area contributed by atoms with E-state index in [1.54, 1.807) is 0 Å². The number of ether oxygens (including phenoxy) is 1. The number of aliphatic hydroxyl groups excluding tert-OH is 1. The van der Waals surface area contributed by atoms with E-state index < -0.39 is 0 Å². The number of carbonyl (C=O) groups is 1. The lowest BCUT2D eigenvalue weighted by atomic mass is 9.88. The van der Waals surface area contributed by atoms with Crippen molar-refractivity contribution < 1.29 is 14.6 Å². The van der Waals surface area contributed by atoms with Gasteiger partial charge in [0.25, 0.3) is 0 Å². The molecule has 5 heteroatoms. The fourth-order valence-electron chi connectivity index (χ4n) is 4.12. The second-order valence-electron chi connectivity index (χ2n) is 7.25. The van der Waals surface area contributed by atoms with E-state index in [4.69, 9.17) is 9.84 Å². The number of aliphatic hydroxyl groups is 1. The molecule has 1 aromatic rings. The second-order valence-corrected chi connectivity index (χ2v) is 7.25. The molecule has 0 radical (unpaired) electrons. The first-order chi connectivity index (χ1) is 11.6. The Bertz CT molecular complexity index is 560. The Morgan fingerprint density at radius 2 is 1.96 bits per heavy atom. The zero-order valence-corrected chi connectivity index (χ0v) is 14.6. The highest BCUT2D eigenvalue weighted by atomic mass is 16.5. The minimum absolute atomic E-state index is 0.0339. The molecule has 0 spiro atoms. The Balaban J connectivity index is 1.54. The molecule has 1 N–H and O–H groups in total. The van der Waals surface area contributed by atoms with Crippen molar-refractivity contribution in [3.05, 3.63) is 29.8 Å². The topological polar surface area (TPSA) is 53.0 Å².